The van der Waals surface area contributed by atoms with E-state index in [9.17, 15) is 4.79 Å². The number of carboxylic acid groups (broad SMARTS) is 1. The fourth-order valence-corrected chi connectivity index (χ4v) is 1.83. The van der Waals surface area contributed by atoms with Gasteiger partial charge in [-0.25, -0.2) is 9.80 Å². The molecule has 1 saturated heterocycles. The van der Waals surface area contributed by atoms with Gasteiger partial charge < -0.3 is 15.3 Å². The first-order valence-corrected chi connectivity index (χ1v) is 5.60. The van der Waals surface area contributed by atoms with E-state index in [0.29, 0.717) is 5.56 Å². The number of ether oxygens (including phenoxy) is 1. The number of aromatic carboxylic acids is 1. The molecule has 2 N–H and O–H groups in total. The lowest BCUT2D eigenvalue weighted by atomic mass is 10.1. The quantitative estimate of drug-likeness (QED) is 0.829. The number of hydrazine groups is 1. The van der Waals surface area contributed by atoms with Crippen LogP contribution in [0.25, 0.3) is 0 Å². The summed E-state index contributed by atoms with van der Waals surface area (Å²) in [7, 11) is 0. The summed E-state index contributed by atoms with van der Waals surface area (Å²) in [5.74, 6) is -0.888. The van der Waals surface area contributed by atoms with Crippen LogP contribution in [0.3, 0.4) is 0 Å². The Hall–Kier alpha value is -1.59. The molecule has 2 rings (SSSR count). The van der Waals surface area contributed by atoms with Gasteiger partial charge in [0.1, 0.15) is 0 Å². The smallest absolute Gasteiger partial charge is 0.335 e. The lowest BCUT2D eigenvalue weighted by Gasteiger charge is -2.28. The predicted octanol–water partition coefficient (Wildman–Crippen LogP) is 1.35. The molecule has 0 aromatic heterocycles. The van der Waals surface area contributed by atoms with Crippen molar-refractivity contribution in [2.75, 3.05) is 31.7 Å². The maximum absolute atomic E-state index is 10.9. The molecule has 0 aliphatic carbocycles. The fourth-order valence-electron chi connectivity index (χ4n) is 1.83. The summed E-state index contributed by atoms with van der Waals surface area (Å²) in [6.07, 6.45) is 0. The minimum Gasteiger partial charge on any atom is -0.478 e. The van der Waals surface area contributed by atoms with Crippen LogP contribution in [0.1, 0.15) is 15.9 Å². The molecule has 1 fully saturated rings. The highest BCUT2D eigenvalue weighted by Crippen LogP contribution is 2.16. The van der Waals surface area contributed by atoms with Crippen LogP contribution in [0, 0.1) is 6.92 Å². The molecule has 1 aliphatic heterocycles. The molecule has 0 unspecified atom stereocenters. The first-order chi connectivity index (χ1) is 8.16. The summed E-state index contributed by atoms with van der Waals surface area (Å²) < 4.78 is 5.25. The van der Waals surface area contributed by atoms with Gasteiger partial charge in [0.15, 0.2) is 0 Å². The zero-order chi connectivity index (χ0) is 12.3. The number of nitrogens with one attached hydrogen (secondary N) is 1. The second-order valence-electron chi connectivity index (χ2n) is 4.05. The number of carboxylic acids is 1. The van der Waals surface area contributed by atoms with Gasteiger partial charge in [-0.1, -0.05) is 0 Å². The number of rotatable bonds is 3. The highest BCUT2D eigenvalue weighted by Gasteiger charge is 2.11. The van der Waals surface area contributed by atoms with E-state index in [1.165, 1.54) is 0 Å². The average molecular weight is 236 g/mol. The van der Waals surface area contributed by atoms with Crippen LogP contribution in [-0.4, -0.2) is 42.4 Å². The first kappa shape index (κ1) is 11.9. The van der Waals surface area contributed by atoms with Crippen LogP contribution in [-0.2, 0) is 4.74 Å². The maximum atomic E-state index is 10.9. The Morgan fingerprint density at radius 3 is 2.71 bits per heavy atom. The summed E-state index contributed by atoms with van der Waals surface area (Å²) in [6.45, 7) is 4.91. The molecule has 1 heterocycles. The molecule has 1 aromatic carbocycles. The van der Waals surface area contributed by atoms with Crippen molar-refractivity contribution in [3.05, 3.63) is 29.3 Å². The van der Waals surface area contributed by atoms with E-state index in [-0.39, 0.29) is 0 Å². The van der Waals surface area contributed by atoms with Crippen molar-refractivity contribution in [2.24, 2.45) is 0 Å². The summed E-state index contributed by atoms with van der Waals surface area (Å²) in [6, 6.07) is 5.26. The monoisotopic (exact) mass is 236 g/mol. The predicted molar refractivity (Wildman–Crippen MR) is 64.2 cm³/mol. The molecule has 92 valence electrons. The molecule has 17 heavy (non-hydrogen) atoms. The van der Waals surface area contributed by atoms with Gasteiger partial charge in [-0.2, -0.15) is 0 Å². The van der Waals surface area contributed by atoms with Crippen LogP contribution in [0.15, 0.2) is 18.2 Å². The SMILES string of the molecule is Cc1cc(NN2CCOCC2)ccc1C(=O)O. The number of anilines is 1. The summed E-state index contributed by atoms with van der Waals surface area (Å²) in [4.78, 5) is 10.9. The second-order valence-corrected chi connectivity index (χ2v) is 4.05. The Morgan fingerprint density at radius 2 is 2.12 bits per heavy atom. The highest BCUT2D eigenvalue weighted by molar-refractivity contribution is 5.89. The Bertz CT molecular complexity index is 414. The number of nitrogens with zero attached hydrogens (tertiary/aromatic N) is 1. The van der Waals surface area contributed by atoms with Gasteiger partial charge in [-0.15, -0.1) is 0 Å². The summed E-state index contributed by atoms with van der Waals surface area (Å²) >= 11 is 0. The average Bonchev–Trinajstić information content (AvgIpc) is 2.30. The molecule has 1 aliphatic rings. The van der Waals surface area contributed by atoms with Gasteiger partial charge in [-0.3, -0.25) is 0 Å². The van der Waals surface area contributed by atoms with Crippen molar-refractivity contribution in [3.63, 3.8) is 0 Å². The van der Waals surface area contributed by atoms with E-state index >= 15 is 0 Å². The number of carbonyl (C=O) groups is 1. The molecule has 1 aromatic rings. The standard InChI is InChI=1S/C12H16N2O3/c1-9-8-10(2-3-11(9)12(15)16)13-14-4-6-17-7-5-14/h2-3,8,13H,4-7H2,1H3,(H,15,16). The molecular formula is C12H16N2O3. The van der Waals surface area contributed by atoms with Crippen LogP contribution in [0.4, 0.5) is 5.69 Å². The molecule has 0 bridgehead atoms. The van der Waals surface area contributed by atoms with Gasteiger partial charge >= 0.3 is 5.97 Å². The van der Waals surface area contributed by atoms with Crippen LogP contribution >= 0.6 is 0 Å². The van der Waals surface area contributed by atoms with Crippen molar-refractivity contribution in [3.8, 4) is 0 Å². The first-order valence-electron chi connectivity index (χ1n) is 5.60. The van der Waals surface area contributed by atoms with Crippen LogP contribution in [0.5, 0.6) is 0 Å². The topological polar surface area (TPSA) is 61.8 Å². The van der Waals surface area contributed by atoms with Gasteiger partial charge in [0.05, 0.1) is 18.8 Å². The van der Waals surface area contributed by atoms with Crippen molar-refractivity contribution in [1.82, 2.24) is 5.01 Å². The number of benzene rings is 1. The van der Waals surface area contributed by atoms with E-state index in [0.717, 1.165) is 37.6 Å². The lowest BCUT2D eigenvalue weighted by molar-refractivity contribution is 0.0497. The van der Waals surface area contributed by atoms with Crippen molar-refractivity contribution < 1.29 is 14.6 Å². The highest BCUT2D eigenvalue weighted by atomic mass is 16.5. The largest absolute Gasteiger partial charge is 0.478 e. The molecule has 5 nitrogen and oxygen atoms in total. The van der Waals surface area contributed by atoms with Gasteiger partial charge in [0.2, 0.25) is 0 Å². The van der Waals surface area contributed by atoms with E-state index < -0.39 is 5.97 Å². The summed E-state index contributed by atoms with van der Waals surface area (Å²) in [5.41, 5.74) is 5.26. The maximum Gasteiger partial charge on any atom is 0.335 e. The van der Waals surface area contributed by atoms with E-state index in [1.54, 1.807) is 19.1 Å². The van der Waals surface area contributed by atoms with Crippen LogP contribution < -0.4 is 5.43 Å². The van der Waals surface area contributed by atoms with E-state index in [1.807, 2.05) is 6.07 Å². The third-order valence-electron chi connectivity index (χ3n) is 2.76. The fraction of sp³-hybridized carbons (Fsp3) is 0.417. The molecule has 0 spiro atoms. The van der Waals surface area contributed by atoms with E-state index in [4.69, 9.17) is 9.84 Å². The molecule has 0 saturated carbocycles. The number of aryl methyl sites for hydroxylation is 1. The van der Waals surface area contributed by atoms with Gasteiger partial charge in [0, 0.05) is 18.8 Å². The third kappa shape index (κ3) is 2.95. The van der Waals surface area contributed by atoms with Crippen LogP contribution in [0.2, 0.25) is 0 Å². The minimum atomic E-state index is -0.888. The molecule has 0 radical (unpaired) electrons. The summed E-state index contributed by atoms with van der Waals surface area (Å²) in [5, 5.41) is 11.0. The Labute approximate surface area is 100.0 Å². The number of hydrogen-bond acceptors (Lipinski definition) is 4. The van der Waals surface area contributed by atoms with Gasteiger partial charge in [0.25, 0.3) is 0 Å². The minimum absolute atomic E-state index is 0.345. The zero-order valence-corrected chi connectivity index (χ0v) is 9.77. The molecular weight excluding hydrogens is 220 g/mol. The second kappa shape index (κ2) is 5.16. The number of morpholine rings is 1. The lowest BCUT2D eigenvalue weighted by Crippen LogP contribution is -2.40. The Kier molecular flexibility index (Phi) is 3.61. The molecule has 5 heteroatoms. The van der Waals surface area contributed by atoms with Crippen molar-refractivity contribution >= 4 is 11.7 Å². The van der Waals surface area contributed by atoms with Crippen molar-refractivity contribution in [1.29, 1.82) is 0 Å². The molecule has 0 atom stereocenters. The normalized spacial score (nSPS) is 16.8. The zero-order valence-electron chi connectivity index (χ0n) is 9.77. The Morgan fingerprint density at radius 1 is 1.41 bits per heavy atom. The van der Waals surface area contributed by atoms with Gasteiger partial charge in [-0.05, 0) is 30.7 Å². The van der Waals surface area contributed by atoms with E-state index in [2.05, 4.69) is 10.4 Å². The van der Waals surface area contributed by atoms with Crippen molar-refractivity contribution in [2.45, 2.75) is 6.92 Å². The third-order valence-corrected chi connectivity index (χ3v) is 2.76. The Balaban J connectivity index is 2.06. The molecule has 0 amide bonds. The number of hydrogen-bond donors (Lipinski definition) is 2.